The molecule has 134 valence electrons. The van der Waals surface area contributed by atoms with Gasteiger partial charge in [-0.1, -0.05) is 45.4 Å². The molecule has 0 bridgehead atoms. The first kappa shape index (κ1) is 19.0. The van der Waals surface area contributed by atoms with Crippen molar-refractivity contribution in [3.05, 3.63) is 23.8 Å². The molecule has 0 aliphatic heterocycles. The van der Waals surface area contributed by atoms with E-state index in [9.17, 15) is 9.59 Å². The van der Waals surface area contributed by atoms with Crippen LogP contribution in [0.3, 0.4) is 0 Å². The second kappa shape index (κ2) is 7.67. The minimum Gasteiger partial charge on any atom is -0.462 e. The van der Waals surface area contributed by atoms with E-state index in [0.29, 0.717) is 29.7 Å². The summed E-state index contributed by atoms with van der Waals surface area (Å²) in [6, 6.07) is 0. The summed E-state index contributed by atoms with van der Waals surface area (Å²) in [5.41, 5.74) is 0.111. The number of esters is 1. The van der Waals surface area contributed by atoms with Crippen LogP contribution in [0, 0.1) is 29.1 Å². The SMILES string of the molecule is CC(C)[C@H]1CC[C@H](C)C[C@@H]1OC(=O)C(C)(C)C1C=CC(C=O)=CC1. The maximum Gasteiger partial charge on any atom is 0.312 e. The third kappa shape index (κ3) is 4.17. The van der Waals surface area contributed by atoms with Crippen molar-refractivity contribution >= 4 is 12.3 Å². The molecular weight excluding hydrogens is 300 g/mol. The van der Waals surface area contributed by atoms with Crippen molar-refractivity contribution in [3.8, 4) is 0 Å². The molecule has 1 fully saturated rings. The van der Waals surface area contributed by atoms with Crippen LogP contribution in [-0.4, -0.2) is 18.4 Å². The first-order valence-corrected chi connectivity index (χ1v) is 9.30. The average Bonchev–Trinajstić information content (AvgIpc) is 2.54. The van der Waals surface area contributed by atoms with E-state index in [1.165, 1.54) is 6.42 Å². The van der Waals surface area contributed by atoms with Crippen LogP contribution in [0.5, 0.6) is 0 Å². The Balaban J connectivity index is 2.05. The number of aldehydes is 1. The number of allylic oxidation sites excluding steroid dienone is 4. The summed E-state index contributed by atoms with van der Waals surface area (Å²) in [7, 11) is 0. The molecule has 2 aliphatic carbocycles. The minimum absolute atomic E-state index is 0.0363. The van der Waals surface area contributed by atoms with E-state index in [0.717, 1.165) is 19.1 Å². The molecule has 0 heterocycles. The van der Waals surface area contributed by atoms with Gasteiger partial charge in [-0.15, -0.1) is 0 Å². The third-order valence-corrected chi connectivity index (χ3v) is 5.94. The largest absolute Gasteiger partial charge is 0.462 e. The van der Waals surface area contributed by atoms with Crippen LogP contribution in [0.25, 0.3) is 0 Å². The van der Waals surface area contributed by atoms with Gasteiger partial charge in [-0.2, -0.15) is 0 Å². The molecule has 2 rings (SSSR count). The van der Waals surface area contributed by atoms with Gasteiger partial charge in [-0.05, 0) is 56.8 Å². The molecule has 2 aliphatic rings. The molecule has 3 heteroatoms. The lowest BCUT2D eigenvalue weighted by Crippen LogP contribution is -2.41. The summed E-state index contributed by atoms with van der Waals surface area (Å²) in [6.07, 6.45) is 10.7. The number of ether oxygens (including phenoxy) is 1. The number of carbonyl (C=O) groups excluding carboxylic acids is 2. The van der Waals surface area contributed by atoms with Gasteiger partial charge in [0.15, 0.2) is 0 Å². The first-order chi connectivity index (χ1) is 11.3. The van der Waals surface area contributed by atoms with Crippen molar-refractivity contribution in [2.75, 3.05) is 0 Å². The Morgan fingerprint density at radius 2 is 2.04 bits per heavy atom. The van der Waals surface area contributed by atoms with Gasteiger partial charge in [0, 0.05) is 5.57 Å². The molecule has 4 atom stereocenters. The van der Waals surface area contributed by atoms with E-state index in [2.05, 4.69) is 20.8 Å². The van der Waals surface area contributed by atoms with Crippen LogP contribution in [0.4, 0.5) is 0 Å². The van der Waals surface area contributed by atoms with Crippen LogP contribution in [0.1, 0.15) is 60.3 Å². The molecule has 1 unspecified atom stereocenters. The molecule has 0 aromatic heterocycles. The highest BCUT2D eigenvalue weighted by Gasteiger charge is 2.41. The molecule has 0 aromatic rings. The molecule has 0 saturated heterocycles. The molecule has 0 radical (unpaired) electrons. The van der Waals surface area contributed by atoms with Crippen molar-refractivity contribution in [1.82, 2.24) is 0 Å². The zero-order valence-electron chi connectivity index (χ0n) is 15.7. The Labute approximate surface area is 146 Å². The molecule has 0 aromatic carbocycles. The fourth-order valence-electron chi connectivity index (χ4n) is 3.95. The molecule has 0 N–H and O–H groups in total. The zero-order chi connectivity index (χ0) is 17.9. The standard InChI is InChI=1S/C21H32O3/c1-14(2)18-11-6-15(3)12-19(18)24-20(23)21(4,5)17-9-7-16(13-22)8-10-17/h7-9,13-15,17-19H,6,10-12H2,1-5H3/t15-,17?,18+,19-/m0/s1. The molecule has 0 amide bonds. The summed E-state index contributed by atoms with van der Waals surface area (Å²) in [6.45, 7) is 10.6. The van der Waals surface area contributed by atoms with E-state index < -0.39 is 5.41 Å². The van der Waals surface area contributed by atoms with Crippen molar-refractivity contribution in [3.63, 3.8) is 0 Å². The fraction of sp³-hybridized carbons (Fsp3) is 0.714. The highest BCUT2D eigenvalue weighted by atomic mass is 16.5. The van der Waals surface area contributed by atoms with Crippen molar-refractivity contribution in [2.45, 2.75) is 66.4 Å². The molecule has 1 saturated carbocycles. The van der Waals surface area contributed by atoms with Gasteiger partial charge in [0.2, 0.25) is 0 Å². The monoisotopic (exact) mass is 332 g/mol. The van der Waals surface area contributed by atoms with Gasteiger partial charge >= 0.3 is 5.97 Å². The molecule has 3 nitrogen and oxygen atoms in total. The number of rotatable bonds is 5. The van der Waals surface area contributed by atoms with Gasteiger partial charge in [-0.3, -0.25) is 9.59 Å². The number of hydrogen-bond acceptors (Lipinski definition) is 3. The van der Waals surface area contributed by atoms with Crippen LogP contribution in [0.2, 0.25) is 0 Å². The van der Waals surface area contributed by atoms with E-state index in [-0.39, 0.29) is 18.0 Å². The quantitative estimate of drug-likeness (QED) is 0.540. The Kier molecular flexibility index (Phi) is 6.06. The first-order valence-electron chi connectivity index (χ1n) is 9.30. The molecular formula is C21H32O3. The number of hydrogen-bond donors (Lipinski definition) is 0. The second-order valence-corrected chi connectivity index (χ2v) is 8.51. The van der Waals surface area contributed by atoms with Crippen molar-refractivity contribution in [2.24, 2.45) is 29.1 Å². The van der Waals surface area contributed by atoms with Crippen LogP contribution in [0.15, 0.2) is 23.8 Å². The van der Waals surface area contributed by atoms with Gasteiger partial charge in [0.05, 0.1) is 5.41 Å². The summed E-state index contributed by atoms with van der Waals surface area (Å²) in [5, 5.41) is 0. The third-order valence-electron chi connectivity index (χ3n) is 5.94. The highest BCUT2D eigenvalue weighted by Crippen LogP contribution is 2.39. The lowest BCUT2D eigenvalue weighted by Gasteiger charge is -2.39. The van der Waals surface area contributed by atoms with Gasteiger partial charge in [0.1, 0.15) is 12.4 Å². The smallest absolute Gasteiger partial charge is 0.312 e. The van der Waals surface area contributed by atoms with Crippen LogP contribution < -0.4 is 0 Å². The van der Waals surface area contributed by atoms with E-state index in [1.54, 1.807) is 0 Å². The van der Waals surface area contributed by atoms with Crippen molar-refractivity contribution < 1.29 is 14.3 Å². The summed E-state index contributed by atoms with van der Waals surface area (Å²) in [4.78, 5) is 23.7. The minimum atomic E-state index is -0.580. The van der Waals surface area contributed by atoms with E-state index in [4.69, 9.17) is 4.74 Å². The van der Waals surface area contributed by atoms with Crippen molar-refractivity contribution in [1.29, 1.82) is 0 Å². The van der Waals surface area contributed by atoms with Gasteiger partial charge < -0.3 is 4.74 Å². The summed E-state index contributed by atoms with van der Waals surface area (Å²) >= 11 is 0. The molecule has 0 spiro atoms. The predicted molar refractivity (Wildman–Crippen MR) is 96.4 cm³/mol. The lowest BCUT2D eigenvalue weighted by molar-refractivity contribution is -0.168. The number of carbonyl (C=O) groups is 2. The topological polar surface area (TPSA) is 43.4 Å². The average molecular weight is 332 g/mol. The highest BCUT2D eigenvalue weighted by molar-refractivity contribution is 5.79. The Morgan fingerprint density at radius 3 is 2.58 bits per heavy atom. The van der Waals surface area contributed by atoms with Gasteiger partial charge in [0.25, 0.3) is 0 Å². The maximum atomic E-state index is 12.9. The van der Waals surface area contributed by atoms with Crippen LogP contribution >= 0.6 is 0 Å². The van der Waals surface area contributed by atoms with Crippen LogP contribution in [-0.2, 0) is 14.3 Å². The summed E-state index contributed by atoms with van der Waals surface area (Å²) in [5.74, 6) is 1.58. The lowest BCUT2D eigenvalue weighted by atomic mass is 9.73. The predicted octanol–water partition coefficient (Wildman–Crippen LogP) is 4.72. The van der Waals surface area contributed by atoms with Gasteiger partial charge in [-0.25, -0.2) is 0 Å². The maximum absolute atomic E-state index is 12.9. The molecule has 24 heavy (non-hydrogen) atoms. The Morgan fingerprint density at radius 1 is 1.33 bits per heavy atom. The Hall–Kier alpha value is -1.38. The van der Waals surface area contributed by atoms with E-state index in [1.807, 2.05) is 32.1 Å². The summed E-state index contributed by atoms with van der Waals surface area (Å²) < 4.78 is 6.04. The second-order valence-electron chi connectivity index (χ2n) is 8.51. The zero-order valence-corrected chi connectivity index (χ0v) is 15.7. The Bertz CT molecular complexity index is 527. The fourth-order valence-corrected chi connectivity index (χ4v) is 3.95. The normalized spacial score (nSPS) is 30.8. The van der Waals surface area contributed by atoms with E-state index >= 15 is 0 Å².